The van der Waals surface area contributed by atoms with Gasteiger partial charge >= 0.3 is 29.7 Å². The number of carbonyl (C=O) groups excluding carboxylic acids is 1. The third-order valence-corrected chi connectivity index (χ3v) is 2.98. The summed E-state index contributed by atoms with van der Waals surface area (Å²) in [6.45, 7) is 0.418. The molecule has 0 aliphatic carbocycles. The van der Waals surface area contributed by atoms with Gasteiger partial charge in [0.15, 0.2) is 5.75 Å². The highest BCUT2D eigenvalue weighted by atomic mass is 32.2. The molecular formula is C12H10F6O5S. The van der Waals surface area contributed by atoms with Crippen molar-refractivity contribution in [3.8, 4) is 5.75 Å². The molecule has 0 radical (unpaired) electrons. The van der Waals surface area contributed by atoms with Crippen molar-refractivity contribution in [2.45, 2.75) is 25.7 Å². The van der Waals surface area contributed by atoms with Crippen LogP contribution in [0.3, 0.4) is 0 Å². The Morgan fingerprint density at radius 3 is 2.08 bits per heavy atom. The van der Waals surface area contributed by atoms with Crippen LogP contribution in [-0.2, 0) is 39.7 Å². The third kappa shape index (κ3) is 5.67. The van der Waals surface area contributed by atoms with E-state index in [1.54, 1.807) is 0 Å². The van der Waals surface area contributed by atoms with Crippen LogP contribution in [0.25, 0.3) is 0 Å². The van der Waals surface area contributed by atoms with E-state index in [4.69, 9.17) is 4.55 Å². The molecule has 0 aliphatic heterocycles. The minimum atomic E-state index is -5.13. The summed E-state index contributed by atoms with van der Waals surface area (Å²) in [4.78, 5) is 10.6. The van der Waals surface area contributed by atoms with E-state index in [0.29, 0.717) is 0 Å². The van der Waals surface area contributed by atoms with Crippen molar-refractivity contribution < 1.29 is 48.8 Å². The normalized spacial score (nSPS) is 13.5. The van der Waals surface area contributed by atoms with Crippen LogP contribution < -0.4 is 4.18 Å². The molecule has 0 aromatic heterocycles. The number of alkyl halides is 6. The van der Waals surface area contributed by atoms with Crippen LogP contribution in [0.2, 0.25) is 0 Å². The standard InChI is InChI=1S/C12H10F6O5S/c1-6(19)22-3-2-7-4-9(12(16,17)18)10(23-24(20)21)5-8(7)11(13,14)15/h4-5H,2-3H2,1H3,(H,20,21). The van der Waals surface area contributed by atoms with E-state index in [1.165, 1.54) is 0 Å². The van der Waals surface area contributed by atoms with Gasteiger partial charge in [-0.05, 0) is 17.7 Å². The molecule has 5 nitrogen and oxygen atoms in total. The molecule has 0 bridgehead atoms. The molecule has 0 heterocycles. The number of hydrogen-bond donors (Lipinski definition) is 1. The number of esters is 1. The molecule has 1 rings (SSSR count). The molecule has 1 aromatic carbocycles. The fraction of sp³-hybridized carbons (Fsp3) is 0.417. The van der Waals surface area contributed by atoms with E-state index in [9.17, 15) is 35.3 Å². The van der Waals surface area contributed by atoms with Crippen molar-refractivity contribution in [1.29, 1.82) is 0 Å². The largest absolute Gasteiger partial charge is 0.466 e. The van der Waals surface area contributed by atoms with Gasteiger partial charge in [0.05, 0.1) is 17.7 Å². The SMILES string of the molecule is CC(=O)OCCc1cc(C(F)(F)F)c(OS(=O)O)cc1C(F)(F)F. The fourth-order valence-corrected chi connectivity index (χ4v) is 2.06. The zero-order valence-electron chi connectivity index (χ0n) is 11.8. The predicted octanol–water partition coefficient (Wildman–Crippen LogP) is 3.35. The molecule has 24 heavy (non-hydrogen) atoms. The van der Waals surface area contributed by atoms with Gasteiger partial charge in [-0.1, -0.05) is 0 Å². The molecule has 1 atom stereocenters. The number of benzene rings is 1. The Hall–Kier alpha value is -1.82. The zero-order chi connectivity index (χ0) is 18.7. The van der Waals surface area contributed by atoms with Gasteiger partial charge in [-0.15, -0.1) is 0 Å². The van der Waals surface area contributed by atoms with Crippen molar-refractivity contribution in [2.24, 2.45) is 0 Å². The van der Waals surface area contributed by atoms with E-state index >= 15 is 0 Å². The van der Waals surface area contributed by atoms with Gasteiger partial charge in [0.2, 0.25) is 0 Å². The summed E-state index contributed by atoms with van der Waals surface area (Å²) in [5, 5.41) is 0. The summed E-state index contributed by atoms with van der Waals surface area (Å²) in [5.74, 6) is -2.25. The number of ether oxygens (including phenoxy) is 1. The average Bonchev–Trinajstić information content (AvgIpc) is 2.36. The monoisotopic (exact) mass is 380 g/mol. The molecule has 1 aromatic rings. The molecule has 0 aliphatic rings. The highest BCUT2D eigenvalue weighted by Gasteiger charge is 2.40. The van der Waals surface area contributed by atoms with Gasteiger partial charge in [-0.25, -0.2) is 0 Å². The number of hydrogen-bond acceptors (Lipinski definition) is 4. The van der Waals surface area contributed by atoms with E-state index in [1.807, 2.05) is 0 Å². The van der Waals surface area contributed by atoms with Crippen molar-refractivity contribution in [3.05, 3.63) is 28.8 Å². The fourth-order valence-electron chi connectivity index (χ4n) is 1.77. The minimum Gasteiger partial charge on any atom is -0.466 e. The molecule has 1 N–H and O–H groups in total. The Kier molecular flexibility index (Phi) is 6.22. The lowest BCUT2D eigenvalue weighted by atomic mass is 9.99. The molecule has 136 valence electrons. The maximum Gasteiger partial charge on any atom is 0.420 e. The van der Waals surface area contributed by atoms with Gasteiger partial charge in [0.25, 0.3) is 0 Å². The molecular weight excluding hydrogens is 370 g/mol. The summed E-state index contributed by atoms with van der Waals surface area (Å²) < 4.78 is 105. The maximum absolute atomic E-state index is 13.0. The minimum absolute atomic E-state index is 0.0138. The topological polar surface area (TPSA) is 72.8 Å². The van der Waals surface area contributed by atoms with Gasteiger partial charge in [0.1, 0.15) is 0 Å². The van der Waals surface area contributed by atoms with E-state index in [0.717, 1.165) is 6.92 Å². The summed E-state index contributed by atoms with van der Waals surface area (Å²) in [5.41, 5.74) is -3.95. The second-order valence-electron chi connectivity index (χ2n) is 4.39. The van der Waals surface area contributed by atoms with Crippen LogP contribution in [0, 0.1) is 0 Å². The van der Waals surface area contributed by atoms with Crippen molar-refractivity contribution >= 4 is 17.3 Å². The molecule has 0 amide bonds. The summed E-state index contributed by atoms with van der Waals surface area (Å²) in [6.07, 6.45) is -10.8. The van der Waals surface area contributed by atoms with E-state index < -0.39 is 65.2 Å². The van der Waals surface area contributed by atoms with Crippen LogP contribution in [0.1, 0.15) is 23.6 Å². The Morgan fingerprint density at radius 1 is 1.12 bits per heavy atom. The van der Waals surface area contributed by atoms with E-state index in [-0.39, 0.29) is 12.1 Å². The van der Waals surface area contributed by atoms with Crippen LogP contribution >= 0.6 is 0 Å². The van der Waals surface area contributed by atoms with Crippen LogP contribution in [0.4, 0.5) is 26.3 Å². The predicted molar refractivity (Wildman–Crippen MR) is 68.2 cm³/mol. The van der Waals surface area contributed by atoms with E-state index in [2.05, 4.69) is 8.92 Å². The van der Waals surface area contributed by atoms with Gasteiger partial charge in [-0.3, -0.25) is 9.35 Å². The summed E-state index contributed by atoms with van der Waals surface area (Å²) >= 11 is -3.25. The Balaban J connectivity index is 3.43. The van der Waals surface area contributed by atoms with Crippen molar-refractivity contribution in [3.63, 3.8) is 0 Å². The third-order valence-electron chi connectivity index (χ3n) is 2.65. The molecule has 1 unspecified atom stereocenters. The smallest absolute Gasteiger partial charge is 0.420 e. The van der Waals surface area contributed by atoms with Crippen molar-refractivity contribution in [2.75, 3.05) is 6.61 Å². The van der Waals surface area contributed by atoms with Gasteiger partial charge in [-0.2, -0.15) is 30.6 Å². The molecule has 12 heteroatoms. The lowest BCUT2D eigenvalue weighted by molar-refractivity contribution is -0.143. The number of halogens is 6. The number of carbonyl (C=O) groups is 1. The Labute approximate surface area is 134 Å². The molecule has 0 spiro atoms. The first-order valence-corrected chi connectivity index (χ1v) is 7.09. The summed E-state index contributed by atoms with van der Waals surface area (Å²) in [6, 6.07) is 0.133. The molecule has 0 saturated carbocycles. The second-order valence-corrected chi connectivity index (χ2v) is 4.99. The number of rotatable bonds is 5. The maximum atomic E-state index is 13.0. The zero-order valence-corrected chi connectivity index (χ0v) is 12.6. The molecule has 0 fully saturated rings. The Bertz CT molecular complexity index is 640. The second kappa shape index (κ2) is 7.38. The van der Waals surface area contributed by atoms with Crippen LogP contribution in [0.5, 0.6) is 5.75 Å². The first-order valence-electron chi connectivity index (χ1n) is 6.06. The Morgan fingerprint density at radius 2 is 1.67 bits per heavy atom. The lowest BCUT2D eigenvalue weighted by Crippen LogP contribution is -2.17. The first-order chi connectivity index (χ1) is 10.8. The average molecular weight is 380 g/mol. The summed E-state index contributed by atoms with van der Waals surface area (Å²) in [7, 11) is 0. The van der Waals surface area contributed by atoms with Crippen molar-refractivity contribution in [1.82, 2.24) is 0 Å². The van der Waals surface area contributed by atoms with Crippen LogP contribution in [0.15, 0.2) is 12.1 Å². The molecule has 0 saturated heterocycles. The van der Waals surface area contributed by atoms with Crippen LogP contribution in [-0.4, -0.2) is 21.3 Å². The van der Waals surface area contributed by atoms with Gasteiger partial charge in [0, 0.05) is 13.3 Å². The quantitative estimate of drug-likeness (QED) is 0.482. The highest BCUT2D eigenvalue weighted by Crippen LogP contribution is 2.42. The lowest BCUT2D eigenvalue weighted by Gasteiger charge is -2.18. The highest BCUT2D eigenvalue weighted by molar-refractivity contribution is 7.74. The van der Waals surface area contributed by atoms with Gasteiger partial charge < -0.3 is 8.92 Å². The first kappa shape index (κ1) is 20.2.